The lowest BCUT2D eigenvalue weighted by Crippen LogP contribution is -2.07. The maximum absolute atomic E-state index is 11.3. The average molecular weight is 409 g/mol. The van der Waals surface area contributed by atoms with Gasteiger partial charge in [-0.2, -0.15) is 4.68 Å². The van der Waals surface area contributed by atoms with Crippen molar-refractivity contribution in [3.05, 3.63) is 65.7 Å². The van der Waals surface area contributed by atoms with E-state index in [1.165, 1.54) is 18.7 Å². The summed E-state index contributed by atoms with van der Waals surface area (Å²) in [5.41, 5.74) is 2.60. The number of anilines is 1. The van der Waals surface area contributed by atoms with Crippen LogP contribution in [0.25, 0.3) is 16.3 Å². The third kappa shape index (κ3) is 4.26. The van der Waals surface area contributed by atoms with Gasteiger partial charge in [-0.25, -0.2) is 4.98 Å². The second kappa shape index (κ2) is 8.32. The second-order valence-corrected chi connectivity index (χ2v) is 7.95. The van der Waals surface area contributed by atoms with E-state index in [0.29, 0.717) is 10.8 Å². The van der Waals surface area contributed by atoms with Crippen molar-refractivity contribution in [2.24, 2.45) is 0 Å². The molecule has 2 heterocycles. The molecule has 0 aliphatic carbocycles. The summed E-state index contributed by atoms with van der Waals surface area (Å²) in [7, 11) is 0. The molecule has 140 valence electrons. The number of rotatable bonds is 6. The molecular weight excluding hydrogens is 392 g/mol. The predicted octanol–water partition coefficient (Wildman–Crippen LogP) is 4.04. The molecule has 4 aromatic rings. The Kier molecular flexibility index (Phi) is 5.45. The van der Waals surface area contributed by atoms with Crippen LogP contribution in [0.4, 0.5) is 5.69 Å². The topological polar surface area (TPSA) is 85.6 Å². The van der Waals surface area contributed by atoms with Crippen LogP contribution >= 0.6 is 23.1 Å². The van der Waals surface area contributed by atoms with E-state index in [1.807, 2.05) is 48.7 Å². The normalized spacial score (nSPS) is 10.8. The summed E-state index contributed by atoms with van der Waals surface area (Å²) in [5, 5.41) is 16.4. The molecule has 0 aliphatic rings. The number of benzene rings is 2. The molecule has 0 unspecified atom stereocenters. The third-order valence-corrected chi connectivity index (χ3v) is 5.97. The van der Waals surface area contributed by atoms with Crippen LogP contribution in [0.2, 0.25) is 0 Å². The van der Waals surface area contributed by atoms with E-state index in [0.717, 1.165) is 26.9 Å². The van der Waals surface area contributed by atoms with Crippen LogP contribution in [0.5, 0.6) is 0 Å². The lowest BCUT2D eigenvalue weighted by Gasteiger charge is -2.06. The fourth-order valence-corrected chi connectivity index (χ4v) is 4.40. The van der Waals surface area contributed by atoms with Crippen LogP contribution in [0.1, 0.15) is 11.8 Å². The van der Waals surface area contributed by atoms with Crippen LogP contribution in [-0.2, 0) is 10.5 Å². The number of hydrogen-bond acceptors (Lipinski definition) is 7. The zero-order valence-corrected chi connectivity index (χ0v) is 16.6. The molecule has 28 heavy (non-hydrogen) atoms. The Morgan fingerprint density at radius 3 is 2.86 bits per heavy atom. The van der Waals surface area contributed by atoms with E-state index in [-0.39, 0.29) is 5.91 Å². The SMILES string of the molecule is CC(=O)Nc1cccc(-n2nnnc2SCc2cnc(-c3ccccc3)s2)c1. The first kappa shape index (κ1) is 18.3. The molecule has 1 N–H and O–H groups in total. The van der Waals surface area contributed by atoms with Crippen molar-refractivity contribution < 1.29 is 4.79 Å². The second-order valence-electron chi connectivity index (χ2n) is 5.89. The number of carbonyl (C=O) groups is 1. The monoisotopic (exact) mass is 408 g/mol. The minimum absolute atomic E-state index is 0.122. The standard InChI is InChI=1S/C19H16N6OS2/c1-13(26)21-15-8-5-9-16(10-15)25-19(22-23-24-25)27-12-17-11-20-18(28-17)14-6-3-2-4-7-14/h2-11H,12H2,1H3,(H,21,26). The van der Waals surface area contributed by atoms with Crippen LogP contribution < -0.4 is 5.32 Å². The number of nitrogens with zero attached hydrogens (tertiary/aromatic N) is 5. The maximum Gasteiger partial charge on any atom is 0.221 e. The predicted molar refractivity (Wildman–Crippen MR) is 111 cm³/mol. The molecule has 0 radical (unpaired) electrons. The van der Waals surface area contributed by atoms with Gasteiger partial charge >= 0.3 is 0 Å². The van der Waals surface area contributed by atoms with E-state index < -0.39 is 0 Å². The number of aromatic nitrogens is 5. The first-order valence-corrected chi connectivity index (χ1v) is 10.3. The van der Waals surface area contributed by atoms with Gasteiger partial charge in [0.2, 0.25) is 11.1 Å². The van der Waals surface area contributed by atoms with Gasteiger partial charge in [0.25, 0.3) is 0 Å². The molecule has 2 aromatic carbocycles. The Morgan fingerprint density at radius 2 is 2.04 bits per heavy atom. The highest BCUT2D eigenvalue weighted by molar-refractivity contribution is 7.98. The Balaban J connectivity index is 1.48. The summed E-state index contributed by atoms with van der Waals surface area (Å²) >= 11 is 3.20. The fourth-order valence-electron chi connectivity index (χ4n) is 2.57. The van der Waals surface area contributed by atoms with Crippen LogP contribution in [-0.4, -0.2) is 31.1 Å². The van der Waals surface area contributed by atoms with Crippen molar-refractivity contribution in [1.82, 2.24) is 25.2 Å². The summed E-state index contributed by atoms with van der Waals surface area (Å²) in [6, 6.07) is 17.5. The van der Waals surface area contributed by atoms with E-state index in [9.17, 15) is 4.79 Å². The molecule has 0 spiro atoms. The summed E-state index contributed by atoms with van der Waals surface area (Å²) in [6.45, 7) is 1.48. The molecule has 0 bridgehead atoms. The largest absolute Gasteiger partial charge is 0.326 e. The molecular formula is C19H16N6OS2. The summed E-state index contributed by atoms with van der Waals surface area (Å²) in [4.78, 5) is 16.9. The highest BCUT2D eigenvalue weighted by atomic mass is 32.2. The summed E-state index contributed by atoms with van der Waals surface area (Å²) < 4.78 is 1.66. The van der Waals surface area contributed by atoms with Gasteiger partial charge in [-0.1, -0.05) is 48.2 Å². The highest BCUT2D eigenvalue weighted by Gasteiger charge is 2.12. The van der Waals surface area contributed by atoms with E-state index >= 15 is 0 Å². The fraction of sp³-hybridized carbons (Fsp3) is 0.105. The van der Waals surface area contributed by atoms with Crippen molar-refractivity contribution in [2.75, 3.05) is 5.32 Å². The zero-order valence-electron chi connectivity index (χ0n) is 14.9. The van der Waals surface area contributed by atoms with Gasteiger partial charge in [-0.3, -0.25) is 4.79 Å². The zero-order chi connectivity index (χ0) is 19.3. The first-order valence-electron chi connectivity index (χ1n) is 8.48. The van der Waals surface area contributed by atoms with E-state index in [4.69, 9.17) is 0 Å². The van der Waals surface area contributed by atoms with Gasteiger partial charge in [0.05, 0.1) is 5.69 Å². The third-order valence-electron chi connectivity index (χ3n) is 3.77. The number of thiazole rings is 1. The number of thioether (sulfide) groups is 1. The van der Waals surface area contributed by atoms with Gasteiger partial charge < -0.3 is 5.32 Å². The van der Waals surface area contributed by atoms with Crippen LogP contribution in [0, 0.1) is 0 Å². The number of hydrogen-bond donors (Lipinski definition) is 1. The lowest BCUT2D eigenvalue weighted by molar-refractivity contribution is -0.114. The molecule has 7 nitrogen and oxygen atoms in total. The number of nitrogens with one attached hydrogen (secondary N) is 1. The van der Waals surface area contributed by atoms with Gasteiger partial charge in [0.1, 0.15) is 5.01 Å². The molecule has 4 rings (SSSR count). The quantitative estimate of drug-likeness (QED) is 0.485. The minimum atomic E-state index is -0.122. The van der Waals surface area contributed by atoms with Gasteiger partial charge in [-0.15, -0.1) is 16.4 Å². The van der Waals surface area contributed by atoms with Crippen LogP contribution in [0.3, 0.4) is 0 Å². The maximum atomic E-state index is 11.3. The average Bonchev–Trinajstić information content (AvgIpc) is 3.36. The lowest BCUT2D eigenvalue weighted by atomic mass is 10.2. The van der Waals surface area contributed by atoms with Crippen molar-refractivity contribution in [3.63, 3.8) is 0 Å². The molecule has 0 fully saturated rings. The van der Waals surface area contributed by atoms with Crippen molar-refractivity contribution in [2.45, 2.75) is 17.8 Å². The van der Waals surface area contributed by atoms with Crippen LogP contribution in [0.15, 0.2) is 66.0 Å². The van der Waals surface area contributed by atoms with Crippen molar-refractivity contribution in [1.29, 1.82) is 0 Å². The Bertz CT molecular complexity index is 1090. The molecule has 9 heteroatoms. The summed E-state index contributed by atoms with van der Waals surface area (Å²) in [5.74, 6) is 0.596. The van der Waals surface area contributed by atoms with Gasteiger partial charge in [0.15, 0.2) is 0 Å². The molecule has 2 aromatic heterocycles. The number of amides is 1. The number of carbonyl (C=O) groups excluding carboxylic acids is 1. The van der Waals surface area contributed by atoms with Gasteiger partial charge in [-0.05, 0) is 28.6 Å². The molecule has 0 saturated heterocycles. The van der Waals surface area contributed by atoms with E-state index in [2.05, 4.69) is 38.0 Å². The Labute approximate surface area is 169 Å². The molecule has 1 amide bonds. The highest BCUT2D eigenvalue weighted by Crippen LogP contribution is 2.30. The Hall–Kier alpha value is -3.04. The summed E-state index contributed by atoms with van der Waals surface area (Å²) in [6.07, 6.45) is 1.89. The first-order chi connectivity index (χ1) is 13.7. The van der Waals surface area contributed by atoms with Crippen molar-refractivity contribution in [3.8, 4) is 16.3 Å². The molecule has 0 saturated carbocycles. The number of tetrazole rings is 1. The smallest absolute Gasteiger partial charge is 0.221 e. The molecule has 0 atom stereocenters. The van der Waals surface area contributed by atoms with Crippen molar-refractivity contribution >= 4 is 34.7 Å². The van der Waals surface area contributed by atoms with E-state index in [1.54, 1.807) is 16.0 Å². The van der Waals surface area contributed by atoms with Gasteiger partial charge in [0, 0.05) is 35.0 Å². The Morgan fingerprint density at radius 1 is 1.18 bits per heavy atom. The molecule has 0 aliphatic heterocycles. The minimum Gasteiger partial charge on any atom is -0.326 e.